The van der Waals surface area contributed by atoms with Crippen molar-refractivity contribution in [3.63, 3.8) is 0 Å². The third kappa shape index (κ3) is 4.78. The molecule has 3 fully saturated rings. The molecule has 0 aromatic heterocycles. The Labute approximate surface area is 149 Å². The van der Waals surface area contributed by atoms with Crippen molar-refractivity contribution in [1.29, 1.82) is 0 Å². The predicted molar refractivity (Wildman–Crippen MR) is 96.2 cm³/mol. The van der Waals surface area contributed by atoms with Gasteiger partial charge in [-0.1, -0.05) is 6.58 Å². The zero-order chi connectivity index (χ0) is 17.8. The lowest BCUT2D eigenvalue weighted by atomic mass is 9.77. The van der Waals surface area contributed by atoms with E-state index in [0.717, 1.165) is 32.4 Å². The number of hydrogen-bond acceptors (Lipinski definition) is 5. The number of hydrogen-bond donors (Lipinski definition) is 4. The van der Waals surface area contributed by atoms with Gasteiger partial charge in [-0.05, 0) is 51.0 Å². The van der Waals surface area contributed by atoms with Crippen LogP contribution < -0.4 is 21.5 Å². The largest absolute Gasteiger partial charge is 0.352 e. The molecule has 142 valence electrons. The molecule has 0 aromatic carbocycles. The summed E-state index contributed by atoms with van der Waals surface area (Å²) in [6, 6.07) is 1.12. The molecule has 2 heterocycles. The Kier molecular flexibility index (Phi) is 6.44. The van der Waals surface area contributed by atoms with Crippen LogP contribution in [0.2, 0.25) is 0 Å². The lowest BCUT2D eigenvalue weighted by Gasteiger charge is -2.44. The number of halogens is 1. The molecule has 4 N–H and O–H groups in total. The number of piperidine rings is 1. The van der Waals surface area contributed by atoms with Crippen LogP contribution in [0, 0.1) is 11.8 Å². The van der Waals surface area contributed by atoms with Crippen LogP contribution in [0.3, 0.4) is 0 Å². The molecular formula is C18H32FN5O. The summed E-state index contributed by atoms with van der Waals surface area (Å²) in [5.41, 5.74) is 6.93. The summed E-state index contributed by atoms with van der Waals surface area (Å²) in [4.78, 5) is 11.5. The molecule has 0 spiro atoms. The molecule has 4 unspecified atom stereocenters. The minimum atomic E-state index is -0.611. The first-order valence-corrected chi connectivity index (χ1v) is 9.63. The van der Waals surface area contributed by atoms with Crippen LogP contribution in [0.25, 0.3) is 0 Å². The van der Waals surface area contributed by atoms with Gasteiger partial charge in [0.05, 0.1) is 0 Å². The van der Waals surface area contributed by atoms with Gasteiger partial charge < -0.3 is 10.6 Å². The molecule has 1 amide bonds. The maximum absolute atomic E-state index is 13.5. The standard InChI is InChI=1S/C18H32FN5O/c1-3-18(25)21-11-14-10-20-16(13-4-6-15(19)7-5-13)8-17(14)24-22-9-12(2)23-24/h3,12-17,20,22-23H,1,4-11H2,2H3,(H,21,25). The van der Waals surface area contributed by atoms with E-state index in [-0.39, 0.29) is 5.91 Å². The Morgan fingerprint density at radius 1 is 1.32 bits per heavy atom. The Hall–Kier alpha value is -1.02. The molecule has 25 heavy (non-hydrogen) atoms. The summed E-state index contributed by atoms with van der Waals surface area (Å²) >= 11 is 0. The second-order valence-corrected chi connectivity index (χ2v) is 7.80. The van der Waals surface area contributed by atoms with Crippen LogP contribution in [0.4, 0.5) is 4.39 Å². The summed E-state index contributed by atoms with van der Waals surface area (Å²) in [6.07, 6.45) is 5.05. The maximum atomic E-state index is 13.5. The zero-order valence-electron chi connectivity index (χ0n) is 15.1. The fourth-order valence-corrected chi connectivity index (χ4v) is 4.42. The van der Waals surface area contributed by atoms with E-state index < -0.39 is 6.17 Å². The topological polar surface area (TPSA) is 68.4 Å². The number of nitrogens with zero attached hydrogens (tertiary/aromatic N) is 1. The first-order chi connectivity index (χ1) is 12.1. The van der Waals surface area contributed by atoms with Crippen molar-refractivity contribution in [3.8, 4) is 0 Å². The van der Waals surface area contributed by atoms with Gasteiger partial charge in [-0.15, -0.1) is 0 Å². The normalized spacial score (nSPS) is 39.9. The Balaban J connectivity index is 1.62. The molecule has 0 bridgehead atoms. The fraction of sp³-hybridized carbons (Fsp3) is 0.833. The number of rotatable bonds is 5. The molecule has 1 aliphatic carbocycles. The summed E-state index contributed by atoms with van der Waals surface area (Å²) in [5.74, 6) is 0.735. The molecule has 3 aliphatic rings. The average Bonchev–Trinajstić information content (AvgIpc) is 3.06. The fourth-order valence-electron chi connectivity index (χ4n) is 4.42. The van der Waals surface area contributed by atoms with E-state index in [1.807, 2.05) is 0 Å². The third-order valence-corrected chi connectivity index (χ3v) is 5.94. The quantitative estimate of drug-likeness (QED) is 0.553. The van der Waals surface area contributed by atoms with Gasteiger partial charge in [-0.3, -0.25) is 4.79 Å². The van der Waals surface area contributed by atoms with E-state index in [9.17, 15) is 9.18 Å². The number of carbonyl (C=O) groups is 1. The lowest BCUT2D eigenvalue weighted by molar-refractivity contribution is -0.116. The van der Waals surface area contributed by atoms with Crippen molar-refractivity contribution in [3.05, 3.63) is 12.7 Å². The third-order valence-electron chi connectivity index (χ3n) is 5.94. The summed E-state index contributed by atoms with van der Waals surface area (Å²) < 4.78 is 13.5. The molecule has 7 heteroatoms. The van der Waals surface area contributed by atoms with Crippen molar-refractivity contribution in [2.75, 3.05) is 19.6 Å². The van der Waals surface area contributed by atoms with Crippen molar-refractivity contribution < 1.29 is 9.18 Å². The predicted octanol–water partition coefficient (Wildman–Crippen LogP) is 0.877. The number of carbonyl (C=O) groups excluding carboxylic acids is 1. The van der Waals surface area contributed by atoms with E-state index in [1.165, 1.54) is 6.08 Å². The highest BCUT2D eigenvalue weighted by Crippen LogP contribution is 2.33. The smallest absolute Gasteiger partial charge is 0.243 e. The molecule has 0 aromatic rings. The highest BCUT2D eigenvalue weighted by Gasteiger charge is 2.40. The second-order valence-electron chi connectivity index (χ2n) is 7.80. The first-order valence-electron chi connectivity index (χ1n) is 9.63. The van der Waals surface area contributed by atoms with Crippen molar-refractivity contribution in [1.82, 2.24) is 26.6 Å². The minimum absolute atomic E-state index is 0.127. The first kappa shape index (κ1) is 18.8. The zero-order valence-corrected chi connectivity index (χ0v) is 15.1. The molecule has 2 aliphatic heterocycles. The summed E-state index contributed by atoms with van der Waals surface area (Å²) in [5, 5.41) is 8.76. The monoisotopic (exact) mass is 353 g/mol. The van der Waals surface area contributed by atoms with E-state index in [0.29, 0.717) is 49.3 Å². The average molecular weight is 353 g/mol. The number of amides is 1. The van der Waals surface area contributed by atoms with Gasteiger partial charge >= 0.3 is 0 Å². The maximum Gasteiger partial charge on any atom is 0.243 e. The van der Waals surface area contributed by atoms with Gasteiger partial charge in [0, 0.05) is 43.7 Å². The molecule has 3 rings (SSSR count). The van der Waals surface area contributed by atoms with E-state index in [1.54, 1.807) is 0 Å². The van der Waals surface area contributed by atoms with E-state index in [2.05, 4.69) is 40.1 Å². The molecule has 0 radical (unpaired) electrons. The van der Waals surface area contributed by atoms with Crippen molar-refractivity contribution in [2.24, 2.45) is 11.8 Å². The highest BCUT2D eigenvalue weighted by molar-refractivity contribution is 5.86. The van der Waals surface area contributed by atoms with E-state index in [4.69, 9.17) is 0 Å². The summed E-state index contributed by atoms with van der Waals surface area (Å²) in [7, 11) is 0. The van der Waals surface area contributed by atoms with Crippen molar-refractivity contribution >= 4 is 5.91 Å². The van der Waals surface area contributed by atoms with Gasteiger partial charge in [-0.25, -0.2) is 15.2 Å². The van der Waals surface area contributed by atoms with Crippen LogP contribution in [-0.4, -0.2) is 55.0 Å². The van der Waals surface area contributed by atoms with Crippen LogP contribution >= 0.6 is 0 Å². The van der Waals surface area contributed by atoms with Gasteiger partial charge in [0.25, 0.3) is 0 Å². The van der Waals surface area contributed by atoms with Crippen LogP contribution in [0.15, 0.2) is 12.7 Å². The SMILES string of the molecule is C=CC(=O)NCC1CNC(C2CCC(F)CC2)CC1N1NCC(C)N1. The molecular weight excluding hydrogens is 321 g/mol. The van der Waals surface area contributed by atoms with E-state index >= 15 is 0 Å². The lowest BCUT2D eigenvalue weighted by Crippen LogP contribution is -2.61. The Morgan fingerprint density at radius 2 is 2.08 bits per heavy atom. The Morgan fingerprint density at radius 3 is 2.72 bits per heavy atom. The molecule has 2 saturated heterocycles. The van der Waals surface area contributed by atoms with Crippen LogP contribution in [0.5, 0.6) is 0 Å². The second kappa shape index (κ2) is 8.58. The van der Waals surface area contributed by atoms with Gasteiger partial charge in [0.15, 0.2) is 0 Å². The summed E-state index contributed by atoms with van der Waals surface area (Å²) in [6.45, 7) is 8.07. The minimum Gasteiger partial charge on any atom is -0.352 e. The number of hydrazine groups is 2. The molecule has 6 nitrogen and oxygen atoms in total. The molecule has 1 saturated carbocycles. The van der Waals surface area contributed by atoms with Crippen LogP contribution in [0.1, 0.15) is 39.0 Å². The highest BCUT2D eigenvalue weighted by atomic mass is 19.1. The van der Waals surface area contributed by atoms with Crippen molar-refractivity contribution in [2.45, 2.75) is 63.3 Å². The van der Waals surface area contributed by atoms with Gasteiger partial charge in [0.2, 0.25) is 5.91 Å². The van der Waals surface area contributed by atoms with Crippen LogP contribution in [-0.2, 0) is 4.79 Å². The number of nitrogens with one attached hydrogen (secondary N) is 4. The Bertz CT molecular complexity index is 468. The number of alkyl halides is 1. The van der Waals surface area contributed by atoms with Gasteiger partial charge in [0.1, 0.15) is 6.17 Å². The molecule has 4 atom stereocenters. The van der Waals surface area contributed by atoms with Gasteiger partial charge in [-0.2, -0.15) is 5.12 Å².